The Morgan fingerprint density at radius 1 is 1.38 bits per heavy atom. The first-order valence-electron chi connectivity index (χ1n) is 5.16. The number of hydrogen-bond donors (Lipinski definition) is 1. The monoisotopic (exact) mass is 218 g/mol. The highest BCUT2D eigenvalue weighted by Crippen LogP contribution is 2.38. The van der Waals surface area contributed by atoms with Gasteiger partial charge in [-0.15, -0.1) is 0 Å². The van der Waals surface area contributed by atoms with Gasteiger partial charge in [-0.1, -0.05) is 6.08 Å². The van der Waals surface area contributed by atoms with Crippen molar-refractivity contribution in [2.24, 2.45) is 0 Å². The van der Waals surface area contributed by atoms with E-state index >= 15 is 0 Å². The first-order valence-corrected chi connectivity index (χ1v) is 5.16. The minimum absolute atomic E-state index is 0.0302. The molecular formula is C13H14O3. The zero-order valence-corrected chi connectivity index (χ0v) is 9.57. The fourth-order valence-electron chi connectivity index (χ4n) is 1.76. The minimum Gasteiger partial charge on any atom is -0.507 e. The van der Waals surface area contributed by atoms with Gasteiger partial charge in [0.1, 0.15) is 22.7 Å². The predicted molar refractivity (Wildman–Crippen MR) is 61.9 cm³/mol. The van der Waals surface area contributed by atoms with Crippen molar-refractivity contribution in [3.8, 4) is 11.5 Å². The Balaban J connectivity index is 2.65. The second-order valence-electron chi connectivity index (χ2n) is 4.47. The molecule has 1 aromatic carbocycles. The molecule has 1 aromatic rings. The van der Waals surface area contributed by atoms with Crippen LogP contribution in [0.4, 0.5) is 0 Å². The molecule has 0 unspecified atom stereocenters. The summed E-state index contributed by atoms with van der Waals surface area (Å²) in [6.07, 6.45) is 3.83. The van der Waals surface area contributed by atoms with Crippen LogP contribution < -0.4 is 4.74 Å². The van der Waals surface area contributed by atoms with Crippen molar-refractivity contribution < 1.29 is 14.6 Å². The van der Waals surface area contributed by atoms with Crippen LogP contribution in [0, 0.1) is 0 Å². The summed E-state index contributed by atoms with van der Waals surface area (Å²) < 4.78 is 5.72. The van der Waals surface area contributed by atoms with Crippen LogP contribution in [0.5, 0.6) is 11.5 Å². The lowest BCUT2D eigenvalue weighted by atomic mass is 9.98. The van der Waals surface area contributed by atoms with E-state index in [1.807, 2.05) is 26.0 Å². The number of rotatable bonds is 1. The van der Waals surface area contributed by atoms with Crippen LogP contribution in [0.25, 0.3) is 6.08 Å². The van der Waals surface area contributed by atoms with Crippen molar-refractivity contribution in [2.45, 2.75) is 26.4 Å². The summed E-state index contributed by atoms with van der Waals surface area (Å²) in [5.74, 6) is 0.248. The standard InChI is InChI=1S/C13H14O3/c1-8(14)11-10(15)5-4-9-6-7-13(2,3)16-12(9)11/h4-7,15H,1-3H3. The largest absolute Gasteiger partial charge is 0.507 e. The number of phenolic OH excluding ortho intramolecular Hbond substituents is 1. The molecule has 0 bridgehead atoms. The Labute approximate surface area is 94.4 Å². The van der Waals surface area contributed by atoms with Gasteiger partial charge in [-0.05, 0) is 39.0 Å². The maximum Gasteiger partial charge on any atom is 0.167 e. The number of carbonyl (C=O) groups excluding carboxylic acids is 1. The number of ether oxygens (including phenoxy) is 1. The fourth-order valence-corrected chi connectivity index (χ4v) is 1.76. The summed E-state index contributed by atoms with van der Waals surface area (Å²) in [5, 5.41) is 9.68. The molecule has 2 rings (SSSR count). The van der Waals surface area contributed by atoms with Crippen LogP contribution in [0.15, 0.2) is 18.2 Å². The molecule has 0 fully saturated rings. The Hall–Kier alpha value is -1.77. The number of carbonyl (C=O) groups is 1. The van der Waals surface area contributed by atoms with Gasteiger partial charge in [0.05, 0.1) is 0 Å². The van der Waals surface area contributed by atoms with Gasteiger partial charge in [-0.2, -0.15) is 0 Å². The van der Waals surface area contributed by atoms with Gasteiger partial charge < -0.3 is 9.84 Å². The number of aromatic hydroxyl groups is 1. The molecule has 84 valence electrons. The summed E-state index contributed by atoms with van der Waals surface area (Å²) in [5.41, 5.74) is 0.627. The second-order valence-corrected chi connectivity index (χ2v) is 4.47. The van der Waals surface area contributed by atoms with E-state index in [2.05, 4.69) is 0 Å². The maximum absolute atomic E-state index is 11.5. The van der Waals surface area contributed by atoms with Crippen molar-refractivity contribution in [3.05, 3.63) is 29.3 Å². The minimum atomic E-state index is -0.453. The van der Waals surface area contributed by atoms with Gasteiger partial charge in [0, 0.05) is 5.56 Å². The lowest BCUT2D eigenvalue weighted by Crippen LogP contribution is -2.28. The highest BCUT2D eigenvalue weighted by Gasteiger charge is 2.26. The van der Waals surface area contributed by atoms with E-state index in [0.717, 1.165) is 5.56 Å². The van der Waals surface area contributed by atoms with E-state index in [0.29, 0.717) is 5.75 Å². The Morgan fingerprint density at radius 2 is 2.06 bits per heavy atom. The highest BCUT2D eigenvalue weighted by molar-refractivity contribution is 6.00. The third-order valence-electron chi connectivity index (χ3n) is 2.55. The van der Waals surface area contributed by atoms with Gasteiger partial charge in [0.25, 0.3) is 0 Å². The van der Waals surface area contributed by atoms with Gasteiger partial charge in [-0.3, -0.25) is 4.79 Å². The molecule has 1 heterocycles. The first kappa shape index (κ1) is 10.7. The number of fused-ring (bicyclic) bond motifs is 1. The molecule has 0 aliphatic carbocycles. The second kappa shape index (κ2) is 3.37. The quantitative estimate of drug-likeness (QED) is 0.737. The molecule has 0 saturated heterocycles. The van der Waals surface area contributed by atoms with Crippen LogP contribution in [0.2, 0.25) is 0 Å². The Bertz CT molecular complexity index is 484. The molecular weight excluding hydrogens is 204 g/mol. The molecule has 3 heteroatoms. The molecule has 0 spiro atoms. The number of benzene rings is 1. The van der Waals surface area contributed by atoms with E-state index in [4.69, 9.17) is 4.74 Å². The van der Waals surface area contributed by atoms with E-state index in [9.17, 15) is 9.90 Å². The molecule has 0 radical (unpaired) electrons. The van der Waals surface area contributed by atoms with Gasteiger partial charge in [0.2, 0.25) is 0 Å². The van der Waals surface area contributed by atoms with E-state index in [1.165, 1.54) is 13.0 Å². The van der Waals surface area contributed by atoms with Crippen LogP contribution >= 0.6 is 0 Å². The average molecular weight is 218 g/mol. The molecule has 0 atom stereocenters. The number of ketones is 1. The van der Waals surface area contributed by atoms with Crippen molar-refractivity contribution in [1.29, 1.82) is 0 Å². The molecule has 0 saturated carbocycles. The number of phenols is 1. The van der Waals surface area contributed by atoms with Gasteiger partial charge in [-0.25, -0.2) is 0 Å². The topological polar surface area (TPSA) is 46.5 Å². The zero-order chi connectivity index (χ0) is 11.9. The maximum atomic E-state index is 11.5. The summed E-state index contributed by atoms with van der Waals surface area (Å²) >= 11 is 0. The van der Waals surface area contributed by atoms with Crippen LogP contribution in [-0.2, 0) is 0 Å². The number of Topliss-reactive ketones (excluding diaryl/α,β-unsaturated/α-hetero) is 1. The van der Waals surface area contributed by atoms with Gasteiger partial charge in [0.15, 0.2) is 5.78 Å². The van der Waals surface area contributed by atoms with E-state index < -0.39 is 5.60 Å². The Morgan fingerprint density at radius 3 is 2.69 bits per heavy atom. The van der Waals surface area contributed by atoms with Crippen LogP contribution in [0.1, 0.15) is 36.7 Å². The van der Waals surface area contributed by atoms with E-state index in [-0.39, 0.29) is 17.1 Å². The SMILES string of the molecule is CC(=O)c1c(O)ccc2c1OC(C)(C)C=C2. The lowest BCUT2D eigenvalue weighted by Gasteiger charge is -2.29. The van der Waals surface area contributed by atoms with Crippen molar-refractivity contribution in [1.82, 2.24) is 0 Å². The van der Waals surface area contributed by atoms with Crippen molar-refractivity contribution in [3.63, 3.8) is 0 Å². The van der Waals surface area contributed by atoms with Crippen molar-refractivity contribution in [2.75, 3.05) is 0 Å². The first-order chi connectivity index (χ1) is 7.41. The normalized spacial score (nSPS) is 16.4. The molecule has 0 amide bonds. The fraction of sp³-hybridized carbons (Fsp3) is 0.308. The van der Waals surface area contributed by atoms with E-state index in [1.54, 1.807) is 6.07 Å². The van der Waals surface area contributed by atoms with Gasteiger partial charge >= 0.3 is 0 Å². The molecule has 0 aromatic heterocycles. The molecule has 3 nitrogen and oxygen atoms in total. The average Bonchev–Trinajstić information content (AvgIpc) is 2.15. The molecule has 1 aliphatic rings. The zero-order valence-electron chi connectivity index (χ0n) is 9.57. The summed E-state index contributed by atoms with van der Waals surface area (Å²) in [4.78, 5) is 11.5. The lowest BCUT2D eigenvalue weighted by molar-refractivity contribution is 0.0996. The molecule has 1 aliphatic heterocycles. The summed E-state index contributed by atoms with van der Waals surface area (Å²) in [7, 11) is 0. The van der Waals surface area contributed by atoms with Crippen LogP contribution in [0.3, 0.4) is 0 Å². The predicted octanol–water partition coefficient (Wildman–Crippen LogP) is 2.78. The van der Waals surface area contributed by atoms with Crippen LogP contribution in [-0.4, -0.2) is 16.5 Å². The smallest absolute Gasteiger partial charge is 0.167 e. The van der Waals surface area contributed by atoms with Crippen molar-refractivity contribution >= 4 is 11.9 Å². The Kier molecular flexibility index (Phi) is 2.26. The number of hydrogen-bond acceptors (Lipinski definition) is 3. The summed E-state index contributed by atoms with van der Waals surface area (Å²) in [6, 6.07) is 3.25. The highest BCUT2D eigenvalue weighted by atomic mass is 16.5. The third-order valence-corrected chi connectivity index (χ3v) is 2.55. The third kappa shape index (κ3) is 1.69. The summed E-state index contributed by atoms with van der Waals surface area (Å²) in [6.45, 7) is 5.23. The molecule has 16 heavy (non-hydrogen) atoms. The molecule has 1 N–H and O–H groups in total.